The minimum atomic E-state index is -1.24. The zero-order valence-electron chi connectivity index (χ0n) is 17.5. The van der Waals surface area contributed by atoms with Gasteiger partial charge in [0, 0.05) is 12.5 Å². The molecule has 1 N–H and O–H groups in total. The van der Waals surface area contributed by atoms with Crippen LogP contribution in [0.3, 0.4) is 0 Å². The molecular formula is C24H21N3O6. The molecule has 6 rings (SSSR count). The van der Waals surface area contributed by atoms with Gasteiger partial charge in [-0.2, -0.15) is 0 Å². The molecule has 2 aliphatic heterocycles. The summed E-state index contributed by atoms with van der Waals surface area (Å²) in [5.41, 5.74) is 1.29. The van der Waals surface area contributed by atoms with Crippen molar-refractivity contribution in [1.82, 2.24) is 4.90 Å². The normalized spacial score (nSPS) is 32.0. The van der Waals surface area contributed by atoms with Crippen LogP contribution in [-0.2, 0) is 20.8 Å². The molecule has 2 amide bonds. The van der Waals surface area contributed by atoms with Gasteiger partial charge in [-0.05, 0) is 29.9 Å². The second-order valence-electron chi connectivity index (χ2n) is 9.34. The van der Waals surface area contributed by atoms with Gasteiger partial charge in [0.15, 0.2) is 0 Å². The number of carboxylic acids is 1. The van der Waals surface area contributed by atoms with Gasteiger partial charge in [0.25, 0.3) is 5.69 Å². The third-order valence-corrected chi connectivity index (χ3v) is 7.90. The first-order valence-electron chi connectivity index (χ1n) is 11.1. The van der Waals surface area contributed by atoms with E-state index in [0.29, 0.717) is 5.69 Å². The second-order valence-corrected chi connectivity index (χ2v) is 9.34. The van der Waals surface area contributed by atoms with Gasteiger partial charge >= 0.3 is 5.97 Å². The van der Waals surface area contributed by atoms with Gasteiger partial charge in [0.1, 0.15) is 11.7 Å². The number of piperidine rings is 1. The van der Waals surface area contributed by atoms with Gasteiger partial charge in [-0.15, -0.1) is 0 Å². The van der Waals surface area contributed by atoms with Crippen LogP contribution in [-0.4, -0.2) is 50.8 Å². The first-order chi connectivity index (χ1) is 15.9. The van der Waals surface area contributed by atoms with Crippen LogP contribution in [0.4, 0.5) is 11.4 Å². The zero-order valence-corrected chi connectivity index (χ0v) is 17.5. The van der Waals surface area contributed by atoms with Gasteiger partial charge < -0.3 is 10.0 Å². The fourth-order valence-electron chi connectivity index (χ4n) is 6.73. The molecule has 33 heavy (non-hydrogen) atoms. The van der Waals surface area contributed by atoms with Crippen molar-refractivity contribution >= 4 is 29.2 Å². The third kappa shape index (κ3) is 2.68. The number of carbonyl (C=O) groups excluding carboxylic acids is 2. The van der Waals surface area contributed by atoms with Crippen LogP contribution < -0.4 is 4.90 Å². The summed E-state index contributed by atoms with van der Waals surface area (Å²) in [5, 5.41) is 21.3. The van der Waals surface area contributed by atoms with Gasteiger partial charge in [-0.25, -0.2) is 4.79 Å². The number of likely N-dealkylation sites (tertiary alicyclic amines) is 1. The van der Waals surface area contributed by atoms with E-state index in [1.165, 1.54) is 6.07 Å². The number of carbonyl (C=O) groups is 3. The smallest absolute Gasteiger partial charge is 0.327 e. The lowest BCUT2D eigenvalue weighted by atomic mass is 9.81. The largest absolute Gasteiger partial charge is 0.480 e. The summed E-state index contributed by atoms with van der Waals surface area (Å²) in [5.74, 6) is -3.31. The molecule has 0 spiro atoms. The Labute approximate surface area is 188 Å². The van der Waals surface area contributed by atoms with Crippen molar-refractivity contribution in [3.8, 4) is 0 Å². The first-order valence-corrected chi connectivity index (χ1v) is 11.1. The molecule has 2 aromatic rings. The number of nitro groups is 1. The number of nitrogens with zero attached hydrogens (tertiary/aromatic N) is 3. The molecule has 4 aliphatic rings. The van der Waals surface area contributed by atoms with E-state index in [9.17, 15) is 29.6 Å². The van der Waals surface area contributed by atoms with Crippen molar-refractivity contribution in [3.05, 3.63) is 70.3 Å². The highest BCUT2D eigenvalue weighted by molar-refractivity contribution is 6.09. The van der Waals surface area contributed by atoms with E-state index < -0.39 is 40.6 Å². The quantitative estimate of drug-likeness (QED) is 0.312. The van der Waals surface area contributed by atoms with Crippen LogP contribution in [0.5, 0.6) is 0 Å². The number of benzene rings is 2. The number of hydrogen-bond acceptors (Lipinski definition) is 6. The molecule has 7 unspecified atom stereocenters. The highest BCUT2D eigenvalue weighted by atomic mass is 16.6. The zero-order chi connectivity index (χ0) is 23.0. The molecule has 2 bridgehead atoms. The standard InChI is InChI=1S/C24H21N3O6/c28-22-18-13-11-14(21-20(13)25(21)15-8-4-5-9-16(15)27(32)33)19(18)23(29)26(22)17(24(30)31)10-12-6-2-1-3-7-12/h1-9,13-14,17-21H,10-11H2,(H,30,31). The van der Waals surface area contributed by atoms with E-state index >= 15 is 0 Å². The van der Waals surface area contributed by atoms with Crippen molar-refractivity contribution < 1.29 is 24.4 Å². The summed E-state index contributed by atoms with van der Waals surface area (Å²) >= 11 is 0. The van der Waals surface area contributed by atoms with Gasteiger partial charge in [-0.1, -0.05) is 42.5 Å². The average Bonchev–Trinajstić information content (AvgIpc) is 3.14. The van der Waals surface area contributed by atoms with Gasteiger partial charge in [0.2, 0.25) is 11.8 Å². The summed E-state index contributed by atoms with van der Waals surface area (Å²) in [4.78, 5) is 53.0. The summed E-state index contributed by atoms with van der Waals surface area (Å²) in [6.07, 6.45) is 0.793. The van der Waals surface area contributed by atoms with E-state index in [1.807, 2.05) is 11.0 Å². The van der Waals surface area contributed by atoms with Crippen molar-refractivity contribution in [2.45, 2.75) is 31.0 Å². The molecular weight excluding hydrogens is 426 g/mol. The SMILES string of the molecule is O=C(O)C(Cc1ccccc1)N1C(=O)C2C3CC(C2C1=O)C1C3N1c1ccccc1[N+](=O)[O-]. The van der Waals surface area contributed by atoms with Gasteiger partial charge in [0.05, 0.1) is 28.8 Å². The summed E-state index contributed by atoms with van der Waals surface area (Å²) < 4.78 is 0. The van der Waals surface area contributed by atoms with E-state index in [2.05, 4.69) is 0 Å². The molecule has 2 heterocycles. The van der Waals surface area contributed by atoms with Crippen molar-refractivity contribution in [3.63, 3.8) is 0 Å². The summed E-state index contributed by atoms with van der Waals surface area (Å²) in [6, 6.07) is 14.2. The van der Waals surface area contributed by atoms with Crippen LogP contribution in [0.2, 0.25) is 0 Å². The number of fused-ring (bicyclic) bond motifs is 8. The Morgan fingerprint density at radius 1 is 1.00 bits per heavy atom. The molecule has 168 valence electrons. The lowest BCUT2D eigenvalue weighted by molar-refractivity contribution is -0.384. The Hall–Kier alpha value is -3.75. The number of amides is 2. The number of aliphatic carboxylic acids is 1. The number of rotatable bonds is 6. The molecule has 4 fully saturated rings. The van der Waals surface area contributed by atoms with Crippen LogP contribution in [0.15, 0.2) is 54.6 Å². The maximum Gasteiger partial charge on any atom is 0.327 e. The molecule has 2 aliphatic carbocycles. The molecule has 2 aromatic carbocycles. The summed E-state index contributed by atoms with van der Waals surface area (Å²) in [7, 11) is 0. The third-order valence-electron chi connectivity index (χ3n) is 7.90. The van der Waals surface area contributed by atoms with Crippen LogP contribution in [0.25, 0.3) is 0 Å². The van der Waals surface area contributed by atoms with Crippen LogP contribution >= 0.6 is 0 Å². The Balaban J connectivity index is 1.28. The number of carboxylic acid groups (broad SMARTS) is 1. The van der Waals surface area contributed by atoms with E-state index in [0.717, 1.165) is 16.9 Å². The maximum atomic E-state index is 13.4. The fraction of sp³-hybridized carbons (Fsp3) is 0.375. The number of nitro benzene ring substituents is 1. The van der Waals surface area contributed by atoms with E-state index in [1.54, 1.807) is 42.5 Å². The summed E-state index contributed by atoms with van der Waals surface area (Å²) in [6.45, 7) is 0. The Morgan fingerprint density at radius 2 is 1.58 bits per heavy atom. The highest BCUT2D eigenvalue weighted by Gasteiger charge is 2.76. The Morgan fingerprint density at radius 3 is 2.15 bits per heavy atom. The Bertz CT molecular complexity index is 1170. The van der Waals surface area contributed by atoms with Crippen molar-refractivity contribution in [2.24, 2.45) is 23.7 Å². The first kappa shape index (κ1) is 19.9. The number of para-hydroxylation sites is 2. The molecule has 0 aromatic heterocycles. The lowest BCUT2D eigenvalue weighted by Crippen LogP contribution is -2.47. The molecule has 7 atom stereocenters. The monoisotopic (exact) mass is 447 g/mol. The molecule has 2 saturated carbocycles. The molecule has 0 radical (unpaired) electrons. The Kier molecular flexibility index (Phi) is 4.14. The molecule has 9 heteroatoms. The molecule has 9 nitrogen and oxygen atoms in total. The predicted octanol–water partition coefficient (Wildman–Crippen LogP) is 2.10. The second kappa shape index (κ2) is 6.87. The van der Waals surface area contributed by atoms with Gasteiger partial charge in [-0.3, -0.25) is 24.6 Å². The average molecular weight is 447 g/mol. The van der Waals surface area contributed by atoms with Crippen molar-refractivity contribution in [1.29, 1.82) is 0 Å². The van der Waals surface area contributed by atoms with E-state index in [-0.39, 0.29) is 36.0 Å². The van der Waals surface area contributed by atoms with Crippen LogP contribution in [0, 0.1) is 33.8 Å². The minimum Gasteiger partial charge on any atom is -0.480 e. The topological polar surface area (TPSA) is 121 Å². The lowest BCUT2D eigenvalue weighted by Gasteiger charge is -2.25. The minimum absolute atomic E-state index is 0.0181. The highest BCUT2D eigenvalue weighted by Crippen LogP contribution is 2.66. The van der Waals surface area contributed by atoms with Crippen molar-refractivity contribution in [2.75, 3.05) is 4.90 Å². The molecule has 2 saturated heterocycles. The van der Waals surface area contributed by atoms with E-state index in [4.69, 9.17) is 0 Å². The maximum absolute atomic E-state index is 13.4. The number of anilines is 1. The predicted molar refractivity (Wildman–Crippen MR) is 115 cm³/mol. The number of hydrogen-bond donors (Lipinski definition) is 1. The fourth-order valence-corrected chi connectivity index (χ4v) is 6.73. The number of imide groups is 1. The van der Waals surface area contributed by atoms with Crippen LogP contribution in [0.1, 0.15) is 12.0 Å².